The van der Waals surface area contributed by atoms with Crippen LogP contribution in [0.2, 0.25) is 5.02 Å². The summed E-state index contributed by atoms with van der Waals surface area (Å²) in [5, 5.41) is 6.65. The average molecular weight is 439 g/mol. The van der Waals surface area contributed by atoms with Gasteiger partial charge < -0.3 is 14.4 Å². The number of nitrogens with zero attached hydrogens (tertiary/aromatic N) is 3. The molecule has 31 heavy (non-hydrogen) atoms. The molecule has 0 radical (unpaired) electrons. The number of benzene rings is 2. The standard InChI is InChI=1S/C22H16ClFN4O3/c1-12-17(19(27-31-12)18-15(23)4-3-5-16(18)24)22(30)26-14-8-6-13(7-9-14)20(29)21-25-10-11-28(21)2/h3-11H,1-2H3,(H,26,30). The van der Waals surface area contributed by atoms with Crippen LogP contribution in [0.1, 0.15) is 32.3 Å². The number of aromatic nitrogens is 3. The minimum atomic E-state index is -0.619. The number of halogens is 2. The molecule has 0 unspecified atom stereocenters. The van der Waals surface area contributed by atoms with E-state index in [2.05, 4.69) is 15.5 Å². The van der Waals surface area contributed by atoms with E-state index in [4.69, 9.17) is 16.1 Å². The highest BCUT2D eigenvalue weighted by Crippen LogP contribution is 2.33. The number of carbonyl (C=O) groups is 2. The van der Waals surface area contributed by atoms with Crippen molar-refractivity contribution < 1.29 is 18.5 Å². The zero-order valence-electron chi connectivity index (χ0n) is 16.5. The van der Waals surface area contributed by atoms with Gasteiger partial charge >= 0.3 is 0 Å². The lowest BCUT2D eigenvalue weighted by atomic mass is 10.0. The van der Waals surface area contributed by atoms with Gasteiger partial charge in [-0.3, -0.25) is 9.59 Å². The van der Waals surface area contributed by atoms with Gasteiger partial charge in [-0.25, -0.2) is 9.37 Å². The van der Waals surface area contributed by atoms with E-state index in [0.29, 0.717) is 17.1 Å². The normalized spacial score (nSPS) is 10.8. The molecule has 0 fully saturated rings. The zero-order chi connectivity index (χ0) is 22.1. The molecular weight excluding hydrogens is 423 g/mol. The molecule has 4 rings (SSSR count). The SMILES string of the molecule is Cc1onc(-c2c(F)cccc2Cl)c1C(=O)Nc1ccc(C(=O)c2nccn2C)cc1. The molecule has 1 N–H and O–H groups in total. The van der Waals surface area contributed by atoms with E-state index in [-0.39, 0.29) is 33.4 Å². The predicted octanol–water partition coefficient (Wildman–Crippen LogP) is 4.66. The van der Waals surface area contributed by atoms with Crippen LogP contribution < -0.4 is 5.32 Å². The van der Waals surface area contributed by atoms with Crippen LogP contribution in [0.4, 0.5) is 10.1 Å². The second-order valence-corrected chi connectivity index (χ2v) is 7.19. The molecule has 9 heteroatoms. The van der Waals surface area contributed by atoms with Crippen LogP contribution in [0.3, 0.4) is 0 Å². The Balaban J connectivity index is 1.59. The molecule has 7 nitrogen and oxygen atoms in total. The Bertz CT molecular complexity index is 1270. The fourth-order valence-electron chi connectivity index (χ4n) is 3.15. The van der Waals surface area contributed by atoms with Gasteiger partial charge in [0.2, 0.25) is 5.78 Å². The first-order valence-corrected chi connectivity index (χ1v) is 9.58. The monoisotopic (exact) mass is 438 g/mol. The second-order valence-electron chi connectivity index (χ2n) is 6.78. The lowest BCUT2D eigenvalue weighted by Crippen LogP contribution is -2.14. The van der Waals surface area contributed by atoms with E-state index >= 15 is 0 Å². The van der Waals surface area contributed by atoms with Crippen LogP contribution in [0.15, 0.2) is 59.4 Å². The number of rotatable bonds is 5. The van der Waals surface area contributed by atoms with Crippen LogP contribution in [-0.2, 0) is 7.05 Å². The minimum Gasteiger partial charge on any atom is -0.360 e. The van der Waals surface area contributed by atoms with Crippen molar-refractivity contribution in [3.63, 3.8) is 0 Å². The van der Waals surface area contributed by atoms with Crippen LogP contribution >= 0.6 is 11.6 Å². The summed E-state index contributed by atoms with van der Waals surface area (Å²) in [6, 6.07) is 10.5. The lowest BCUT2D eigenvalue weighted by molar-refractivity contribution is 0.101. The Morgan fingerprint density at radius 3 is 2.55 bits per heavy atom. The van der Waals surface area contributed by atoms with E-state index in [0.717, 1.165) is 0 Å². The average Bonchev–Trinajstić information content (AvgIpc) is 3.33. The Labute approximate surface area is 181 Å². The van der Waals surface area contributed by atoms with Gasteiger partial charge in [-0.1, -0.05) is 22.8 Å². The van der Waals surface area contributed by atoms with Gasteiger partial charge in [0.1, 0.15) is 22.8 Å². The molecule has 0 saturated carbocycles. The molecule has 0 aliphatic rings. The fourth-order valence-corrected chi connectivity index (χ4v) is 3.40. The quantitative estimate of drug-likeness (QED) is 0.458. The van der Waals surface area contributed by atoms with Crippen molar-refractivity contribution in [1.29, 1.82) is 0 Å². The first kappa shape index (κ1) is 20.5. The highest BCUT2D eigenvalue weighted by atomic mass is 35.5. The van der Waals surface area contributed by atoms with E-state index in [1.165, 1.54) is 18.2 Å². The van der Waals surface area contributed by atoms with E-state index in [1.54, 1.807) is 55.2 Å². The molecule has 2 heterocycles. The highest BCUT2D eigenvalue weighted by Gasteiger charge is 2.25. The maximum absolute atomic E-state index is 14.3. The number of imidazole rings is 1. The molecule has 2 aromatic heterocycles. The van der Waals surface area contributed by atoms with E-state index < -0.39 is 11.7 Å². The molecule has 0 saturated heterocycles. The summed E-state index contributed by atoms with van der Waals surface area (Å²) in [5.41, 5.74) is 0.932. The summed E-state index contributed by atoms with van der Waals surface area (Å²) < 4.78 is 21.1. The Hall–Kier alpha value is -3.78. The van der Waals surface area contributed by atoms with Crippen LogP contribution in [0.25, 0.3) is 11.3 Å². The van der Waals surface area contributed by atoms with Crippen molar-refractivity contribution in [3.8, 4) is 11.3 Å². The molecule has 0 bridgehead atoms. The number of hydrogen-bond acceptors (Lipinski definition) is 5. The number of carbonyl (C=O) groups excluding carboxylic acids is 2. The van der Waals surface area contributed by atoms with Gasteiger partial charge in [0.25, 0.3) is 5.91 Å². The molecule has 0 aliphatic heterocycles. The van der Waals surface area contributed by atoms with Crippen molar-refractivity contribution in [2.75, 3.05) is 5.32 Å². The lowest BCUT2D eigenvalue weighted by Gasteiger charge is -2.08. The van der Waals surface area contributed by atoms with Crippen molar-refractivity contribution in [2.45, 2.75) is 6.92 Å². The fraction of sp³-hybridized carbons (Fsp3) is 0.0909. The van der Waals surface area contributed by atoms with Crippen molar-refractivity contribution in [2.24, 2.45) is 7.05 Å². The third kappa shape index (κ3) is 3.85. The van der Waals surface area contributed by atoms with Gasteiger partial charge in [0.15, 0.2) is 5.82 Å². The molecular formula is C22H16ClFN4O3. The Kier molecular flexibility index (Phi) is 5.39. The van der Waals surface area contributed by atoms with E-state index in [1.807, 2.05) is 0 Å². The number of nitrogens with one attached hydrogen (secondary N) is 1. The number of anilines is 1. The number of ketones is 1. The van der Waals surface area contributed by atoms with Crippen molar-refractivity contribution >= 4 is 29.0 Å². The first-order chi connectivity index (χ1) is 14.9. The summed E-state index contributed by atoms with van der Waals surface area (Å²) >= 11 is 6.12. The maximum atomic E-state index is 14.3. The molecule has 0 spiro atoms. The summed E-state index contributed by atoms with van der Waals surface area (Å²) in [4.78, 5) is 29.5. The van der Waals surface area contributed by atoms with Gasteiger partial charge in [-0.15, -0.1) is 0 Å². The topological polar surface area (TPSA) is 90.0 Å². The number of amides is 1. The van der Waals surface area contributed by atoms with Crippen LogP contribution in [0.5, 0.6) is 0 Å². The molecule has 156 valence electrons. The molecule has 1 amide bonds. The number of hydrogen-bond donors (Lipinski definition) is 1. The molecule has 2 aromatic carbocycles. The third-order valence-electron chi connectivity index (χ3n) is 4.72. The van der Waals surface area contributed by atoms with E-state index in [9.17, 15) is 14.0 Å². The summed E-state index contributed by atoms with van der Waals surface area (Å²) in [5.74, 6) is -0.878. The summed E-state index contributed by atoms with van der Waals surface area (Å²) in [6.45, 7) is 1.55. The summed E-state index contributed by atoms with van der Waals surface area (Å²) in [7, 11) is 1.73. The van der Waals surface area contributed by atoms with Gasteiger partial charge in [-0.05, 0) is 43.3 Å². The molecule has 0 aliphatic carbocycles. The predicted molar refractivity (Wildman–Crippen MR) is 113 cm³/mol. The first-order valence-electron chi connectivity index (χ1n) is 9.21. The second kappa shape index (κ2) is 8.16. The maximum Gasteiger partial charge on any atom is 0.261 e. The zero-order valence-corrected chi connectivity index (χ0v) is 17.3. The van der Waals surface area contributed by atoms with Gasteiger partial charge in [0.05, 0.1) is 10.6 Å². The Morgan fingerprint density at radius 1 is 1.16 bits per heavy atom. The van der Waals surface area contributed by atoms with Crippen LogP contribution in [-0.4, -0.2) is 26.4 Å². The highest BCUT2D eigenvalue weighted by molar-refractivity contribution is 6.33. The number of aryl methyl sites for hydroxylation is 2. The third-order valence-corrected chi connectivity index (χ3v) is 5.03. The minimum absolute atomic E-state index is 0.0119. The van der Waals surface area contributed by atoms with Crippen LogP contribution in [0, 0.1) is 12.7 Å². The summed E-state index contributed by atoms with van der Waals surface area (Å²) in [6.07, 6.45) is 3.23. The van der Waals surface area contributed by atoms with Gasteiger partial charge in [-0.2, -0.15) is 0 Å². The molecule has 0 atom stereocenters. The largest absolute Gasteiger partial charge is 0.360 e. The molecule has 4 aromatic rings. The smallest absolute Gasteiger partial charge is 0.261 e. The van der Waals surface area contributed by atoms with Crippen molar-refractivity contribution in [1.82, 2.24) is 14.7 Å². The van der Waals surface area contributed by atoms with Gasteiger partial charge in [0, 0.05) is 30.7 Å². The Morgan fingerprint density at radius 2 is 1.90 bits per heavy atom. The van der Waals surface area contributed by atoms with Crippen molar-refractivity contribution in [3.05, 3.63) is 88.4 Å².